The van der Waals surface area contributed by atoms with E-state index >= 15 is 0 Å². The largest absolute Gasteiger partial charge is 0.489 e. The van der Waals surface area contributed by atoms with Crippen molar-refractivity contribution in [2.24, 2.45) is 0 Å². The second kappa shape index (κ2) is 11.1. The fourth-order valence-electron chi connectivity index (χ4n) is 2.98. The van der Waals surface area contributed by atoms with Crippen molar-refractivity contribution in [2.75, 3.05) is 50.0 Å². The van der Waals surface area contributed by atoms with Gasteiger partial charge in [-0.05, 0) is 24.3 Å². The average molecular weight is 400 g/mol. The molecule has 1 heterocycles. The molecule has 0 aliphatic carbocycles. The molecule has 1 unspecified atom stereocenters. The van der Waals surface area contributed by atoms with Crippen molar-refractivity contribution < 1.29 is 9.84 Å². The zero-order valence-electron chi connectivity index (χ0n) is 14.7. The summed E-state index contributed by atoms with van der Waals surface area (Å²) in [6, 6.07) is 17.8. The van der Waals surface area contributed by atoms with Crippen LogP contribution in [0.2, 0.25) is 0 Å². The molecule has 0 spiro atoms. The van der Waals surface area contributed by atoms with Gasteiger partial charge < -0.3 is 20.5 Å². The molecule has 0 amide bonds. The number of ether oxygens (including phenoxy) is 1. The highest BCUT2D eigenvalue weighted by Crippen LogP contribution is 2.20. The number of halogens is 2. The van der Waals surface area contributed by atoms with E-state index in [1.165, 1.54) is 5.69 Å². The van der Waals surface area contributed by atoms with Crippen LogP contribution in [0.1, 0.15) is 0 Å². The summed E-state index contributed by atoms with van der Waals surface area (Å²) in [5.74, 6) is 0.630. The van der Waals surface area contributed by atoms with E-state index in [1.807, 2.05) is 24.3 Å². The van der Waals surface area contributed by atoms with Crippen LogP contribution >= 0.6 is 24.8 Å². The minimum atomic E-state index is -0.520. The molecule has 3 rings (SSSR count). The highest BCUT2D eigenvalue weighted by Gasteiger charge is 2.19. The van der Waals surface area contributed by atoms with Crippen molar-refractivity contribution in [3.8, 4) is 5.75 Å². The molecule has 26 heavy (non-hydrogen) atoms. The Hall–Kier alpha value is -1.66. The Kier molecular flexibility index (Phi) is 9.59. The van der Waals surface area contributed by atoms with Crippen molar-refractivity contribution in [1.29, 1.82) is 0 Å². The molecule has 7 heteroatoms. The van der Waals surface area contributed by atoms with Crippen LogP contribution in [-0.4, -0.2) is 55.4 Å². The number of nitrogens with zero attached hydrogens (tertiary/aromatic N) is 2. The average Bonchev–Trinajstić information content (AvgIpc) is 2.62. The number of anilines is 2. The Morgan fingerprint density at radius 3 is 2.19 bits per heavy atom. The van der Waals surface area contributed by atoms with E-state index in [0.717, 1.165) is 26.2 Å². The van der Waals surface area contributed by atoms with E-state index in [4.69, 9.17) is 10.5 Å². The quantitative estimate of drug-likeness (QED) is 0.731. The molecule has 1 atom stereocenters. The third-order valence-electron chi connectivity index (χ3n) is 4.31. The summed E-state index contributed by atoms with van der Waals surface area (Å²) in [7, 11) is 0. The Labute approximate surface area is 167 Å². The third-order valence-corrected chi connectivity index (χ3v) is 4.31. The lowest BCUT2D eigenvalue weighted by molar-refractivity contribution is 0.0666. The first-order chi connectivity index (χ1) is 11.7. The van der Waals surface area contributed by atoms with E-state index in [1.54, 1.807) is 6.07 Å². The van der Waals surface area contributed by atoms with Crippen LogP contribution in [0.5, 0.6) is 5.75 Å². The highest BCUT2D eigenvalue weighted by atomic mass is 35.5. The number of hydrogen-bond acceptors (Lipinski definition) is 5. The molecule has 2 aromatic carbocycles. The van der Waals surface area contributed by atoms with Gasteiger partial charge in [-0.1, -0.05) is 30.3 Å². The summed E-state index contributed by atoms with van der Waals surface area (Å²) in [6.07, 6.45) is -0.520. The normalized spacial score (nSPS) is 15.5. The number of nitrogens with two attached hydrogens (primary N) is 1. The maximum Gasteiger partial charge on any atom is 0.142 e. The zero-order chi connectivity index (χ0) is 16.8. The Balaban J connectivity index is 0.00000169. The molecule has 5 nitrogen and oxygen atoms in total. The lowest BCUT2D eigenvalue weighted by Crippen LogP contribution is -2.49. The SMILES string of the molecule is Cl.Cl.Nc1ccccc1OCC(O)CN1CCN(c2ccccc2)CC1. The van der Waals surface area contributed by atoms with Gasteiger partial charge >= 0.3 is 0 Å². The summed E-state index contributed by atoms with van der Waals surface area (Å²) in [5.41, 5.74) is 7.70. The predicted molar refractivity (Wildman–Crippen MR) is 112 cm³/mol. The fraction of sp³-hybridized carbons (Fsp3) is 0.368. The van der Waals surface area contributed by atoms with Crippen molar-refractivity contribution in [1.82, 2.24) is 4.90 Å². The van der Waals surface area contributed by atoms with Gasteiger partial charge in [-0.15, -0.1) is 24.8 Å². The van der Waals surface area contributed by atoms with Crippen LogP contribution in [0.25, 0.3) is 0 Å². The molecule has 2 aromatic rings. The number of para-hydroxylation sites is 3. The predicted octanol–water partition coefficient (Wildman–Crippen LogP) is 2.67. The van der Waals surface area contributed by atoms with Gasteiger partial charge in [-0.3, -0.25) is 4.90 Å². The van der Waals surface area contributed by atoms with E-state index in [0.29, 0.717) is 18.0 Å². The molecule has 144 valence electrons. The van der Waals surface area contributed by atoms with Crippen LogP contribution in [0.4, 0.5) is 11.4 Å². The number of benzene rings is 2. The molecule has 1 aliphatic rings. The molecule has 3 N–H and O–H groups in total. The third kappa shape index (κ3) is 6.25. The zero-order valence-corrected chi connectivity index (χ0v) is 16.3. The molecular formula is C19H27Cl2N3O2. The van der Waals surface area contributed by atoms with E-state index < -0.39 is 6.10 Å². The van der Waals surface area contributed by atoms with Gasteiger partial charge in [0.05, 0.1) is 5.69 Å². The van der Waals surface area contributed by atoms with Crippen LogP contribution in [-0.2, 0) is 0 Å². The molecule has 0 bridgehead atoms. The minimum absolute atomic E-state index is 0. The van der Waals surface area contributed by atoms with Gasteiger partial charge in [0.25, 0.3) is 0 Å². The number of aliphatic hydroxyl groups excluding tert-OH is 1. The number of β-amino-alcohol motifs (C(OH)–C–C–N with tert-alkyl or cyclic N) is 1. The molecule has 0 radical (unpaired) electrons. The van der Waals surface area contributed by atoms with E-state index in [2.05, 4.69) is 34.1 Å². The summed E-state index contributed by atoms with van der Waals surface area (Å²) < 4.78 is 5.62. The van der Waals surface area contributed by atoms with Gasteiger partial charge in [0.1, 0.15) is 18.5 Å². The number of piperazine rings is 1. The standard InChI is InChI=1S/C19H25N3O2.2ClH/c20-18-8-4-5-9-19(18)24-15-17(23)14-21-10-12-22(13-11-21)16-6-2-1-3-7-16;;/h1-9,17,23H,10-15,20H2;2*1H. The van der Waals surface area contributed by atoms with Crippen LogP contribution in [0.15, 0.2) is 54.6 Å². The molecule has 1 aliphatic heterocycles. The lowest BCUT2D eigenvalue weighted by atomic mass is 10.2. The summed E-state index contributed by atoms with van der Waals surface area (Å²) in [5, 5.41) is 10.2. The topological polar surface area (TPSA) is 62.0 Å². The maximum atomic E-state index is 10.2. The van der Waals surface area contributed by atoms with Gasteiger partial charge in [0, 0.05) is 38.4 Å². The molecule has 1 fully saturated rings. The summed E-state index contributed by atoms with van der Waals surface area (Å²) in [4.78, 5) is 4.66. The van der Waals surface area contributed by atoms with Gasteiger partial charge in [0.15, 0.2) is 0 Å². The maximum absolute atomic E-state index is 10.2. The number of rotatable bonds is 6. The Morgan fingerprint density at radius 1 is 0.923 bits per heavy atom. The van der Waals surface area contributed by atoms with Crippen LogP contribution < -0.4 is 15.4 Å². The second-order valence-corrected chi connectivity index (χ2v) is 6.13. The fourth-order valence-corrected chi connectivity index (χ4v) is 2.98. The van der Waals surface area contributed by atoms with Crippen LogP contribution in [0, 0.1) is 0 Å². The van der Waals surface area contributed by atoms with E-state index in [-0.39, 0.29) is 31.4 Å². The molecule has 0 saturated carbocycles. The minimum Gasteiger partial charge on any atom is -0.489 e. The van der Waals surface area contributed by atoms with Gasteiger partial charge in [-0.2, -0.15) is 0 Å². The van der Waals surface area contributed by atoms with Crippen molar-refractivity contribution in [3.63, 3.8) is 0 Å². The van der Waals surface area contributed by atoms with Crippen molar-refractivity contribution >= 4 is 36.2 Å². The molecule has 0 aromatic heterocycles. The second-order valence-electron chi connectivity index (χ2n) is 6.13. The van der Waals surface area contributed by atoms with Gasteiger partial charge in [0.2, 0.25) is 0 Å². The van der Waals surface area contributed by atoms with Crippen molar-refractivity contribution in [3.05, 3.63) is 54.6 Å². The number of hydrogen-bond donors (Lipinski definition) is 2. The highest BCUT2D eigenvalue weighted by molar-refractivity contribution is 5.85. The first-order valence-corrected chi connectivity index (χ1v) is 8.40. The summed E-state index contributed by atoms with van der Waals surface area (Å²) in [6.45, 7) is 4.72. The monoisotopic (exact) mass is 399 g/mol. The molecule has 1 saturated heterocycles. The lowest BCUT2D eigenvalue weighted by Gasteiger charge is -2.36. The number of nitrogen functional groups attached to an aromatic ring is 1. The van der Waals surface area contributed by atoms with Crippen LogP contribution in [0.3, 0.4) is 0 Å². The summed E-state index contributed by atoms with van der Waals surface area (Å²) >= 11 is 0. The Morgan fingerprint density at radius 2 is 1.54 bits per heavy atom. The first kappa shape index (κ1) is 22.4. The molecular weight excluding hydrogens is 373 g/mol. The van der Waals surface area contributed by atoms with E-state index in [9.17, 15) is 5.11 Å². The van der Waals surface area contributed by atoms with Gasteiger partial charge in [-0.25, -0.2) is 0 Å². The first-order valence-electron chi connectivity index (χ1n) is 8.40. The Bertz CT molecular complexity index is 638. The smallest absolute Gasteiger partial charge is 0.142 e. The number of aliphatic hydroxyl groups is 1. The van der Waals surface area contributed by atoms with Crippen molar-refractivity contribution in [2.45, 2.75) is 6.10 Å².